The number of nitrogens with zero attached hydrogens (tertiary/aromatic N) is 2. The molecular weight excluding hydrogens is 652 g/mol. The van der Waals surface area contributed by atoms with E-state index in [9.17, 15) is 35.1 Å². The summed E-state index contributed by atoms with van der Waals surface area (Å²) in [5.74, 6) is -0.902. The van der Waals surface area contributed by atoms with Crippen LogP contribution in [0.2, 0.25) is 0 Å². The molecule has 1 aromatic rings. The van der Waals surface area contributed by atoms with E-state index in [-0.39, 0.29) is 52.1 Å². The molecule has 1 aliphatic heterocycles. The lowest BCUT2D eigenvalue weighted by molar-refractivity contribution is -0.256. The Morgan fingerprint density at radius 2 is 1.73 bits per heavy atom. The number of carbonyl (C=O) groups is 2. The quantitative estimate of drug-likeness (QED) is 0.206. The zero-order chi connectivity index (χ0) is 36.9. The predicted molar refractivity (Wildman–Crippen MR) is 187 cm³/mol. The molecule has 0 aromatic carbocycles. The van der Waals surface area contributed by atoms with Crippen molar-refractivity contribution in [2.75, 3.05) is 0 Å². The van der Waals surface area contributed by atoms with Gasteiger partial charge < -0.3 is 35.0 Å². The number of rotatable bonds is 6. The summed E-state index contributed by atoms with van der Waals surface area (Å²) in [6, 6.07) is 1.84. The van der Waals surface area contributed by atoms with Gasteiger partial charge in [0.1, 0.15) is 24.4 Å². The SMILES string of the molecule is C[C@@H]1C2CC[C@]3(C)C(CC=C4C5CC(C)(C)CC[C@]5(C(=O)OCn5cccn5)CC[C@]43C)[C@@]2(C)CC[C@@H]1[C@@H](O)[C@@H]1OC(C(=O)O)[C@@H](O)C(O)C1O. The third kappa shape index (κ3) is 5.49. The Morgan fingerprint density at radius 3 is 2.41 bits per heavy atom. The van der Waals surface area contributed by atoms with E-state index in [0.29, 0.717) is 18.3 Å². The smallest absolute Gasteiger partial charge is 0.335 e. The summed E-state index contributed by atoms with van der Waals surface area (Å²) < 4.78 is 13.3. The van der Waals surface area contributed by atoms with E-state index in [0.717, 1.165) is 57.8 Å². The number of hydrogen-bond donors (Lipinski definition) is 5. The number of carbonyl (C=O) groups excluding carboxylic acids is 1. The van der Waals surface area contributed by atoms with Gasteiger partial charge in [0.05, 0.1) is 11.5 Å². The van der Waals surface area contributed by atoms with E-state index in [1.54, 1.807) is 10.9 Å². The van der Waals surface area contributed by atoms with E-state index in [2.05, 4.69) is 52.7 Å². The Morgan fingerprint density at radius 1 is 1.00 bits per heavy atom. The minimum Gasteiger partial charge on any atom is -0.479 e. The second kappa shape index (κ2) is 12.6. The highest BCUT2D eigenvalue weighted by Gasteiger charge is 2.69. The fourth-order valence-electron chi connectivity index (χ4n) is 13.0. The molecule has 7 rings (SSSR count). The van der Waals surface area contributed by atoms with Crippen LogP contribution in [0.3, 0.4) is 0 Å². The molecule has 1 aromatic heterocycles. The molecule has 11 nitrogen and oxygen atoms in total. The molecule has 15 atom stereocenters. The third-order valence-corrected chi connectivity index (χ3v) is 16.3. The van der Waals surface area contributed by atoms with Gasteiger partial charge in [-0.05, 0) is 122 Å². The van der Waals surface area contributed by atoms with Gasteiger partial charge in [0, 0.05) is 12.4 Å². The van der Waals surface area contributed by atoms with E-state index in [1.807, 2.05) is 12.3 Å². The van der Waals surface area contributed by atoms with Crippen molar-refractivity contribution in [2.45, 2.75) is 149 Å². The molecule has 5 aliphatic carbocycles. The van der Waals surface area contributed by atoms with Gasteiger partial charge in [-0.1, -0.05) is 53.2 Å². The van der Waals surface area contributed by atoms with Crippen LogP contribution in [0.25, 0.3) is 0 Å². The number of carboxylic acids is 1. The fraction of sp³-hybridized carbons (Fsp3) is 0.825. The zero-order valence-corrected chi connectivity index (χ0v) is 31.2. The Bertz CT molecular complexity index is 1530. The molecule has 6 aliphatic rings. The van der Waals surface area contributed by atoms with Crippen LogP contribution < -0.4 is 0 Å². The second-order valence-electron chi connectivity index (χ2n) is 18.9. The number of ether oxygens (including phenoxy) is 2. The highest BCUT2D eigenvalue weighted by Crippen LogP contribution is 2.75. The average molecular weight is 713 g/mol. The van der Waals surface area contributed by atoms with Gasteiger partial charge in [-0.2, -0.15) is 5.10 Å². The van der Waals surface area contributed by atoms with Gasteiger partial charge in [0.15, 0.2) is 12.8 Å². The van der Waals surface area contributed by atoms with Crippen LogP contribution in [0, 0.1) is 56.7 Å². The monoisotopic (exact) mass is 712 g/mol. The molecule has 1 saturated heterocycles. The molecule has 2 heterocycles. The standard InChI is InChI=1S/C40H60N2O9/c1-22-23(28(43)32-30(45)29(44)31(46)33(51-32)34(47)48)10-12-37(4)24(22)11-13-39(6)27(37)9-8-25-26-20-36(2,3)14-16-40(26,17-15-38(25,39)5)35(49)50-21-42-19-7-18-41-42/h7-8,18-19,22-24,26-33,43-46H,9-17,20-21H2,1-6H3,(H,47,48)/t22-,23-,24?,26?,27?,28+,29?,30?,31-,32-,33?,37-,38+,39+,40-/m0/s1. The molecule has 6 unspecified atom stereocenters. The number of hydrogen-bond acceptors (Lipinski definition) is 9. The lowest BCUT2D eigenvalue weighted by Gasteiger charge is -2.70. The lowest BCUT2D eigenvalue weighted by Crippen LogP contribution is -2.65. The topological polar surface area (TPSA) is 172 Å². The number of fused-ring (bicyclic) bond motifs is 7. The van der Waals surface area contributed by atoms with Gasteiger partial charge >= 0.3 is 11.9 Å². The maximum atomic E-state index is 14.2. The molecule has 0 spiro atoms. The summed E-state index contributed by atoms with van der Waals surface area (Å²) in [6.45, 7) is 14.4. The van der Waals surface area contributed by atoms with Crippen LogP contribution in [0.1, 0.15) is 106 Å². The molecule has 51 heavy (non-hydrogen) atoms. The summed E-state index contributed by atoms with van der Waals surface area (Å²) >= 11 is 0. The summed E-state index contributed by atoms with van der Waals surface area (Å²) in [6.07, 6.45) is 5.73. The van der Waals surface area contributed by atoms with Crippen molar-refractivity contribution >= 4 is 11.9 Å². The Labute approximate surface area is 301 Å². The Hall–Kier alpha value is -2.31. The lowest BCUT2D eigenvalue weighted by atomic mass is 9.34. The minimum absolute atomic E-state index is 0.0118. The number of carboxylic acid groups (broad SMARTS) is 1. The maximum Gasteiger partial charge on any atom is 0.335 e. The number of esters is 1. The first kappa shape index (κ1) is 37.0. The van der Waals surface area contributed by atoms with Crippen molar-refractivity contribution in [3.05, 3.63) is 30.1 Å². The fourth-order valence-corrected chi connectivity index (χ4v) is 13.0. The molecule has 4 saturated carbocycles. The van der Waals surface area contributed by atoms with Crippen LogP contribution in [0.15, 0.2) is 30.1 Å². The van der Waals surface area contributed by atoms with Crippen molar-refractivity contribution in [1.82, 2.24) is 9.78 Å². The summed E-state index contributed by atoms with van der Waals surface area (Å²) in [5, 5.41) is 57.1. The third-order valence-electron chi connectivity index (χ3n) is 16.3. The van der Waals surface area contributed by atoms with Crippen LogP contribution in [-0.4, -0.2) is 83.9 Å². The first-order valence-corrected chi connectivity index (χ1v) is 19.4. The van der Waals surface area contributed by atoms with Gasteiger partial charge in [0.25, 0.3) is 0 Å². The highest BCUT2D eigenvalue weighted by atomic mass is 16.6. The largest absolute Gasteiger partial charge is 0.479 e. The maximum absolute atomic E-state index is 14.2. The Balaban J connectivity index is 1.15. The summed E-state index contributed by atoms with van der Waals surface area (Å²) in [7, 11) is 0. The number of aliphatic hydroxyl groups is 4. The number of aliphatic carboxylic acids is 1. The summed E-state index contributed by atoms with van der Waals surface area (Å²) in [5.41, 5.74) is 0.985. The molecule has 0 radical (unpaired) electrons. The molecule has 11 heteroatoms. The van der Waals surface area contributed by atoms with Crippen molar-refractivity contribution in [1.29, 1.82) is 0 Å². The Kier molecular flexibility index (Phi) is 9.18. The molecule has 5 N–H and O–H groups in total. The van der Waals surface area contributed by atoms with Crippen molar-refractivity contribution < 1.29 is 44.6 Å². The zero-order valence-electron chi connectivity index (χ0n) is 31.2. The van der Waals surface area contributed by atoms with Crippen LogP contribution in [0.5, 0.6) is 0 Å². The number of allylic oxidation sites excluding steroid dienone is 2. The first-order chi connectivity index (χ1) is 23.9. The summed E-state index contributed by atoms with van der Waals surface area (Å²) in [4.78, 5) is 26.0. The molecular formula is C40H60N2O9. The van der Waals surface area contributed by atoms with Crippen molar-refractivity contribution in [3.63, 3.8) is 0 Å². The number of aromatic nitrogens is 2. The van der Waals surface area contributed by atoms with Gasteiger partial charge in [-0.15, -0.1) is 0 Å². The number of aliphatic hydroxyl groups excluding tert-OH is 4. The molecule has 0 bridgehead atoms. The van der Waals surface area contributed by atoms with Crippen LogP contribution in [0.4, 0.5) is 0 Å². The minimum atomic E-state index is -1.79. The van der Waals surface area contributed by atoms with E-state index < -0.39 is 48.0 Å². The normalized spacial score (nSPS) is 48.2. The molecule has 0 amide bonds. The van der Waals surface area contributed by atoms with E-state index in [4.69, 9.17) is 9.47 Å². The van der Waals surface area contributed by atoms with Gasteiger partial charge in [0.2, 0.25) is 0 Å². The van der Waals surface area contributed by atoms with Gasteiger partial charge in [-0.3, -0.25) is 4.79 Å². The van der Waals surface area contributed by atoms with Crippen molar-refractivity contribution in [2.24, 2.45) is 56.7 Å². The predicted octanol–water partition coefficient (Wildman–Crippen LogP) is 4.71. The molecule has 284 valence electrons. The average Bonchev–Trinajstić information content (AvgIpc) is 3.60. The molecule has 5 fully saturated rings. The van der Waals surface area contributed by atoms with Gasteiger partial charge in [-0.25, -0.2) is 9.48 Å². The van der Waals surface area contributed by atoms with E-state index in [1.165, 1.54) is 5.57 Å². The highest BCUT2D eigenvalue weighted by molar-refractivity contribution is 5.78. The first-order valence-electron chi connectivity index (χ1n) is 19.4. The second-order valence-corrected chi connectivity index (χ2v) is 18.9. The van der Waals surface area contributed by atoms with Crippen molar-refractivity contribution in [3.8, 4) is 0 Å². The van der Waals surface area contributed by atoms with Crippen LogP contribution in [-0.2, 0) is 25.8 Å². The van der Waals surface area contributed by atoms with Crippen LogP contribution >= 0.6 is 0 Å². The van der Waals surface area contributed by atoms with E-state index >= 15 is 0 Å².